The first-order valence-electron chi connectivity index (χ1n) is 10.2. The van der Waals surface area contributed by atoms with Gasteiger partial charge in [-0.15, -0.1) is 0 Å². The summed E-state index contributed by atoms with van der Waals surface area (Å²) >= 11 is 0. The van der Waals surface area contributed by atoms with Crippen molar-refractivity contribution >= 4 is 21.7 Å². The van der Waals surface area contributed by atoms with E-state index in [4.69, 9.17) is 14.2 Å². The highest BCUT2D eigenvalue weighted by Gasteiger charge is 2.25. The van der Waals surface area contributed by atoms with E-state index in [2.05, 4.69) is 0 Å². The minimum atomic E-state index is -3.71. The van der Waals surface area contributed by atoms with Crippen LogP contribution in [-0.4, -0.2) is 72.3 Å². The highest BCUT2D eigenvalue weighted by Crippen LogP contribution is 2.27. The molecule has 1 saturated heterocycles. The molecule has 0 atom stereocenters. The van der Waals surface area contributed by atoms with Crippen molar-refractivity contribution in [3.8, 4) is 5.75 Å². The Bertz CT molecular complexity index is 1020. The molecule has 0 unspecified atom stereocenters. The van der Waals surface area contributed by atoms with Gasteiger partial charge in [-0.25, -0.2) is 21.9 Å². The molecule has 0 aliphatic carbocycles. The monoisotopic (exact) mass is 466 g/mol. The molecule has 0 amide bonds. The lowest BCUT2D eigenvalue weighted by Gasteiger charge is -2.30. The third kappa shape index (κ3) is 5.96. The summed E-state index contributed by atoms with van der Waals surface area (Å²) in [7, 11) is -0.838. The van der Waals surface area contributed by atoms with Crippen molar-refractivity contribution in [3.63, 3.8) is 0 Å². The zero-order chi connectivity index (χ0) is 23.1. The molecular weight excluding hydrogens is 439 g/mol. The Labute approximate surface area is 187 Å². The average Bonchev–Trinajstić information content (AvgIpc) is 2.80. The minimum absolute atomic E-state index is 0.0195. The molecule has 0 saturated carbocycles. The van der Waals surface area contributed by atoms with Gasteiger partial charge >= 0.3 is 5.97 Å². The van der Waals surface area contributed by atoms with E-state index in [0.717, 1.165) is 4.31 Å². The van der Waals surface area contributed by atoms with Crippen LogP contribution in [-0.2, 0) is 19.5 Å². The van der Waals surface area contributed by atoms with Gasteiger partial charge in [0.1, 0.15) is 11.6 Å². The standard InChI is InChI=1S/C22H27FN2O6S/c1-24(2)32(27,28)19-8-9-21(25-10-14-29-15-11-25)20(16-19)22(26)31-13-3-12-30-18-6-4-17(23)5-7-18/h4-9,16H,3,10-15H2,1-2H3. The van der Waals surface area contributed by atoms with E-state index in [1.165, 1.54) is 50.5 Å². The van der Waals surface area contributed by atoms with Gasteiger partial charge in [-0.2, -0.15) is 0 Å². The van der Waals surface area contributed by atoms with E-state index in [1.807, 2.05) is 4.90 Å². The number of rotatable bonds is 9. The van der Waals surface area contributed by atoms with Crippen LogP contribution in [0.15, 0.2) is 47.4 Å². The van der Waals surface area contributed by atoms with E-state index in [1.54, 1.807) is 6.07 Å². The highest BCUT2D eigenvalue weighted by molar-refractivity contribution is 7.89. The molecule has 0 radical (unpaired) electrons. The number of morpholine rings is 1. The fourth-order valence-electron chi connectivity index (χ4n) is 3.15. The molecule has 2 aromatic rings. The van der Waals surface area contributed by atoms with E-state index in [9.17, 15) is 17.6 Å². The predicted molar refractivity (Wildman–Crippen MR) is 117 cm³/mol. The van der Waals surface area contributed by atoms with Crippen molar-refractivity contribution in [1.29, 1.82) is 0 Å². The molecular formula is C22H27FN2O6S. The van der Waals surface area contributed by atoms with Gasteiger partial charge in [0.15, 0.2) is 0 Å². The zero-order valence-corrected chi connectivity index (χ0v) is 18.9. The van der Waals surface area contributed by atoms with Crippen LogP contribution in [0, 0.1) is 5.82 Å². The number of nitrogens with zero attached hydrogens (tertiary/aromatic N) is 2. The van der Waals surface area contributed by atoms with Crippen LogP contribution in [0.25, 0.3) is 0 Å². The van der Waals surface area contributed by atoms with Crippen molar-refractivity contribution in [1.82, 2.24) is 4.31 Å². The molecule has 1 heterocycles. The summed E-state index contributed by atoms with van der Waals surface area (Å²) in [6.45, 7) is 2.59. The number of esters is 1. The molecule has 2 aromatic carbocycles. The van der Waals surface area contributed by atoms with E-state index in [0.29, 0.717) is 44.2 Å². The summed E-state index contributed by atoms with van der Waals surface area (Å²) in [5, 5.41) is 0. The summed E-state index contributed by atoms with van der Waals surface area (Å²) in [4.78, 5) is 14.9. The van der Waals surface area contributed by atoms with Crippen LogP contribution in [0.5, 0.6) is 5.75 Å². The summed E-state index contributed by atoms with van der Waals surface area (Å²) < 4.78 is 55.4. The van der Waals surface area contributed by atoms with Crippen LogP contribution in [0.1, 0.15) is 16.8 Å². The summed E-state index contributed by atoms with van der Waals surface area (Å²) in [5.74, 6) is -0.432. The minimum Gasteiger partial charge on any atom is -0.493 e. The quantitative estimate of drug-likeness (QED) is 0.415. The maximum absolute atomic E-state index is 12.9. The van der Waals surface area contributed by atoms with Crippen LogP contribution in [0.3, 0.4) is 0 Å². The molecule has 174 valence electrons. The van der Waals surface area contributed by atoms with Crippen molar-refractivity contribution in [2.75, 3.05) is 58.5 Å². The molecule has 32 heavy (non-hydrogen) atoms. The van der Waals surface area contributed by atoms with Crippen molar-refractivity contribution < 1.29 is 31.8 Å². The lowest BCUT2D eigenvalue weighted by atomic mass is 10.1. The maximum atomic E-state index is 12.9. The van der Waals surface area contributed by atoms with Gasteiger partial charge in [0.25, 0.3) is 0 Å². The molecule has 1 fully saturated rings. The number of carbonyl (C=O) groups excluding carboxylic acids is 1. The van der Waals surface area contributed by atoms with E-state index < -0.39 is 16.0 Å². The number of ether oxygens (including phenoxy) is 3. The molecule has 0 bridgehead atoms. The molecule has 1 aliphatic rings. The van der Waals surface area contributed by atoms with Gasteiger partial charge in [0, 0.05) is 33.6 Å². The number of anilines is 1. The Kier molecular flexibility index (Phi) is 8.05. The Morgan fingerprint density at radius 2 is 1.78 bits per heavy atom. The van der Waals surface area contributed by atoms with Gasteiger partial charge in [0.05, 0.1) is 42.6 Å². The van der Waals surface area contributed by atoms with Crippen molar-refractivity contribution in [2.45, 2.75) is 11.3 Å². The van der Waals surface area contributed by atoms with Crippen LogP contribution < -0.4 is 9.64 Å². The number of hydrogen-bond donors (Lipinski definition) is 0. The van der Waals surface area contributed by atoms with Crippen LogP contribution in [0.2, 0.25) is 0 Å². The Hall–Kier alpha value is -2.69. The summed E-state index contributed by atoms with van der Waals surface area (Å²) in [6.07, 6.45) is 0.422. The first-order valence-corrected chi connectivity index (χ1v) is 11.7. The lowest BCUT2D eigenvalue weighted by Crippen LogP contribution is -2.37. The molecule has 10 heteroatoms. The predicted octanol–water partition coefficient (Wildman–Crippen LogP) is 2.54. The average molecular weight is 467 g/mol. The first-order chi connectivity index (χ1) is 15.3. The van der Waals surface area contributed by atoms with Crippen LogP contribution in [0.4, 0.5) is 10.1 Å². The number of sulfonamides is 1. The smallest absolute Gasteiger partial charge is 0.340 e. The highest BCUT2D eigenvalue weighted by atomic mass is 32.2. The number of benzene rings is 2. The molecule has 8 nitrogen and oxygen atoms in total. The second-order valence-corrected chi connectivity index (χ2v) is 9.51. The molecule has 1 aliphatic heterocycles. The summed E-state index contributed by atoms with van der Waals surface area (Å²) in [6, 6.07) is 10.1. The third-order valence-corrected chi connectivity index (χ3v) is 6.73. The van der Waals surface area contributed by atoms with E-state index in [-0.39, 0.29) is 29.5 Å². The second kappa shape index (κ2) is 10.8. The van der Waals surface area contributed by atoms with E-state index >= 15 is 0 Å². The van der Waals surface area contributed by atoms with Crippen molar-refractivity contribution in [3.05, 3.63) is 53.8 Å². The van der Waals surface area contributed by atoms with Gasteiger partial charge < -0.3 is 19.1 Å². The molecule has 0 spiro atoms. The fourth-order valence-corrected chi connectivity index (χ4v) is 4.08. The largest absolute Gasteiger partial charge is 0.493 e. The fraction of sp³-hybridized carbons (Fsp3) is 0.409. The number of carbonyl (C=O) groups is 1. The Morgan fingerprint density at radius 1 is 1.09 bits per heavy atom. The molecule has 0 N–H and O–H groups in total. The Balaban J connectivity index is 1.68. The van der Waals surface area contributed by atoms with Gasteiger partial charge in [-0.1, -0.05) is 0 Å². The topological polar surface area (TPSA) is 85.4 Å². The number of hydrogen-bond acceptors (Lipinski definition) is 7. The van der Waals surface area contributed by atoms with Crippen molar-refractivity contribution in [2.24, 2.45) is 0 Å². The van der Waals surface area contributed by atoms with Gasteiger partial charge in [-0.05, 0) is 42.5 Å². The molecule has 3 rings (SSSR count). The molecule has 0 aromatic heterocycles. The van der Waals surface area contributed by atoms with Gasteiger partial charge in [-0.3, -0.25) is 0 Å². The number of halogens is 1. The summed E-state index contributed by atoms with van der Waals surface area (Å²) in [5.41, 5.74) is 0.799. The maximum Gasteiger partial charge on any atom is 0.340 e. The van der Waals surface area contributed by atoms with Gasteiger partial charge in [0.2, 0.25) is 10.0 Å². The Morgan fingerprint density at radius 3 is 2.44 bits per heavy atom. The zero-order valence-electron chi connectivity index (χ0n) is 18.1. The SMILES string of the molecule is CN(C)S(=O)(=O)c1ccc(N2CCOCC2)c(C(=O)OCCCOc2ccc(F)cc2)c1. The third-order valence-electron chi connectivity index (χ3n) is 4.92. The lowest BCUT2D eigenvalue weighted by molar-refractivity contribution is 0.0485. The normalized spacial score (nSPS) is 14.4. The second-order valence-electron chi connectivity index (χ2n) is 7.36. The van der Waals surface area contributed by atoms with Crippen LogP contribution >= 0.6 is 0 Å². The first kappa shape index (κ1) is 24.0.